The summed E-state index contributed by atoms with van der Waals surface area (Å²) < 4.78 is 17.2. The van der Waals surface area contributed by atoms with Crippen LogP contribution in [-0.4, -0.2) is 27.4 Å². The van der Waals surface area contributed by atoms with Crippen LogP contribution < -0.4 is 15.2 Å². The van der Waals surface area contributed by atoms with Crippen molar-refractivity contribution in [2.75, 3.05) is 0 Å². The number of carbonyl (C=O) groups is 3. The molecule has 3 rings (SSSR count). The number of fused-ring (bicyclic) bond motifs is 1. The number of nitro groups is 1. The third kappa shape index (κ3) is 5.19. The van der Waals surface area contributed by atoms with Crippen LogP contribution in [0.4, 0.5) is 5.69 Å². The monoisotopic (exact) mass is 495 g/mol. The Labute approximate surface area is 206 Å². The van der Waals surface area contributed by atoms with E-state index in [0.717, 1.165) is 0 Å². The molecule has 2 aromatic carbocycles. The molecule has 11 heteroatoms. The number of nitrogens with zero attached hydrogens (tertiary/aromatic N) is 2. The molecule has 0 fully saturated rings. The number of rotatable bonds is 7. The van der Waals surface area contributed by atoms with Gasteiger partial charge in [0.15, 0.2) is 0 Å². The molecule has 0 amide bonds. The number of nitrogens with two attached hydrogens (primary N) is 1. The van der Waals surface area contributed by atoms with Crippen molar-refractivity contribution >= 4 is 40.2 Å². The molecular formula is C25H25N3O8. The van der Waals surface area contributed by atoms with Crippen LogP contribution in [0, 0.1) is 10.1 Å². The topological polar surface area (TPSA) is 153 Å². The fraction of sp³-hybridized carbons (Fsp3) is 0.240. The maximum absolute atomic E-state index is 12.3. The number of hydrogen-bond acceptors (Lipinski definition) is 9. The van der Waals surface area contributed by atoms with Crippen molar-refractivity contribution in [3.8, 4) is 17.2 Å². The SMILES string of the molecule is CC(=O)OCc1c(OC(C)=O)ccc2c([N+](=O)[O-])c(C(N)=C(C)C)n(-c3ccc(OC(C)=O)cc3)c12. The van der Waals surface area contributed by atoms with Gasteiger partial charge < -0.3 is 24.5 Å². The average molecular weight is 495 g/mol. The first-order valence-electron chi connectivity index (χ1n) is 10.8. The molecule has 0 radical (unpaired) electrons. The highest BCUT2D eigenvalue weighted by Gasteiger charge is 2.32. The van der Waals surface area contributed by atoms with Gasteiger partial charge >= 0.3 is 23.6 Å². The van der Waals surface area contributed by atoms with Crippen molar-refractivity contribution < 1.29 is 33.5 Å². The van der Waals surface area contributed by atoms with Gasteiger partial charge in [-0.15, -0.1) is 0 Å². The molecule has 3 aromatic rings. The van der Waals surface area contributed by atoms with Gasteiger partial charge in [-0.2, -0.15) is 0 Å². The van der Waals surface area contributed by atoms with E-state index in [1.165, 1.54) is 45.0 Å². The molecule has 0 aliphatic rings. The Hall–Kier alpha value is -4.67. The van der Waals surface area contributed by atoms with Crippen LogP contribution in [0.1, 0.15) is 45.9 Å². The summed E-state index contributed by atoms with van der Waals surface area (Å²) >= 11 is 0. The van der Waals surface area contributed by atoms with Gasteiger partial charge in [0, 0.05) is 26.5 Å². The fourth-order valence-corrected chi connectivity index (χ4v) is 3.73. The Morgan fingerprint density at radius 1 is 0.917 bits per heavy atom. The molecule has 0 unspecified atom stereocenters. The van der Waals surface area contributed by atoms with Gasteiger partial charge in [-0.3, -0.25) is 24.5 Å². The van der Waals surface area contributed by atoms with Gasteiger partial charge in [0.1, 0.15) is 23.8 Å². The number of ether oxygens (including phenoxy) is 3. The van der Waals surface area contributed by atoms with E-state index in [9.17, 15) is 24.5 Å². The van der Waals surface area contributed by atoms with E-state index in [1.54, 1.807) is 30.5 Å². The lowest BCUT2D eigenvalue weighted by atomic mass is 10.1. The van der Waals surface area contributed by atoms with Crippen LogP contribution >= 0.6 is 0 Å². The predicted molar refractivity (Wildman–Crippen MR) is 130 cm³/mol. The molecule has 1 heterocycles. The summed E-state index contributed by atoms with van der Waals surface area (Å²) in [5, 5.41) is 12.5. The van der Waals surface area contributed by atoms with E-state index in [-0.39, 0.29) is 51.7 Å². The number of hydrogen-bond donors (Lipinski definition) is 1. The number of carbonyl (C=O) groups excluding carboxylic acids is 3. The minimum absolute atomic E-state index is 0.0729. The van der Waals surface area contributed by atoms with E-state index < -0.39 is 22.8 Å². The van der Waals surface area contributed by atoms with Gasteiger partial charge in [0.05, 0.1) is 27.1 Å². The second kappa shape index (κ2) is 10.3. The Kier molecular flexibility index (Phi) is 7.42. The highest BCUT2D eigenvalue weighted by molar-refractivity contribution is 6.01. The highest BCUT2D eigenvalue weighted by atomic mass is 16.6. The van der Waals surface area contributed by atoms with Crippen molar-refractivity contribution in [1.29, 1.82) is 0 Å². The van der Waals surface area contributed by atoms with Gasteiger partial charge in [-0.1, -0.05) is 5.57 Å². The molecule has 36 heavy (non-hydrogen) atoms. The quantitative estimate of drug-likeness (QED) is 0.220. The Bertz CT molecular complexity index is 1410. The van der Waals surface area contributed by atoms with E-state index in [4.69, 9.17) is 19.9 Å². The van der Waals surface area contributed by atoms with Gasteiger partial charge in [0.2, 0.25) is 0 Å². The zero-order valence-electron chi connectivity index (χ0n) is 20.4. The zero-order valence-corrected chi connectivity index (χ0v) is 20.4. The lowest BCUT2D eigenvalue weighted by Crippen LogP contribution is -2.11. The minimum atomic E-state index is -0.624. The van der Waals surface area contributed by atoms with Gasteiger partial charge in [-0.25, -0.2) is 0 Å². The molecule has 0 spiro atoms. The van der Waals surface area contributed by atoms with E-state index in [1.807, 2.05) is 0 Å². The summed E-state index contributed by atoms with van der Waals surface area (Å²) in [6.45, 7) is 6.80. The maximum Gasteiger partial charge on any atom is 0.308 e. The minimum Gasteiger partial charge on any atom is -0.461 e. The van der Waals surface area contributed by atoms with Gasteiger partial charge in [-0.05, 0) is 50.2 Å². The standard InChI is InChI=1S/C25H25N3O8/c1-13(2)22(26)25-24(28(32)33)19-10-11-21(36-16(5)31)20(12-34-14(3)29)23(19)27(25)17-6-8-18(9-7-17)35-15(4)30/h6-11H,12,26H2,1-5H3. The van der Waals surface area contributed by atoms with Crippen molar-refractivity contribution in [2.45, 2.75) is 41.2 Å². The molecule has 188 valence electrons. The number of esters is 3. The molecule has 0 saturated heterocycles. The van der Waals surface area contributed by atoms with E-state index in [2.05, 4.69) is 0 Å². The third-order valence-corrected chi connectivity index (χ3v) is 5.17. The first-order valence-corrected chi connectivity index (χ1v) is 10.8. The molecular weight excluding hydrogens is 470 g/mol. The third-order valence-electron chi connectivity index (χ3n) is 5.17. The van der Waals surface area contributed by atoms with E-state index >= 15 is 0 Å². The van der Waals surface area contributed by atoms with Crippen LogP contribution in [0.25, 0.3) is 22.3 Å². The Morgan fingerprint density at radius 2 is 1.53 bits per heavy atom. The second-order valence-corrected chi connectivity index (χ2v) is 8.10. The van der Waals surface area contributed by atoms with Crippen molar-refractivity contribution in [2.24, 2.45) is 5.73 Å². The lowest BCUT2D eigenvalue weighted by Gasteiger charge is -2.16. The molecule has 0 aliphatic carbocycles. The fourth-order valence-electron chi connectivity index (χ4n) is 3.73. The molecule has 11 nitrogen and oxygen atoms in total. The second-order valence-electron chi connectivity index (χ2n) is 8.10. The summed E-state index contributed by atoms with van der Waals surface area (Å²) in [5.74, 6) is -1.38. The summed E-state index contributed by atoms with van der Waals surface area (Å²) in [7, 11) is 0. The summed E-state index contributed by atoms with van der Waals surface area (Å²) in [6.07, 6.45) is 0. The molecule has 0 bridgehead atoms. The largest absolute Gasteiger partial charge is 0.461 e. The van der Waals surface area contributed by atoms with Gasteiger partial charge in [0.25, 0.3) is 0 Å². The first-order chi connectivity index (χ1) is 16.9. The Balaban J connectivity index is 2.51. The van der Waals surface area contributed by atoms with Crippen molar-refractivity contribution in [3.63, 3.8) is 0 Å². The number of aromatic nitrogens is 1. The summed E-state index contributed by atoms with van der Waals surface area (Å²) in [6, 6.07) is 9.10. The Morgan fingerprint density at radius 3 is 2.03 bits per heavy atom. The average Bonchev–Trinajstić information content (AvgIpc) is 3.12. The van der Waals surface area contributed by atoms with Crippen LogP contribution in [0.2, 0.25) is 0 Å². The van der Waals surface area contributed by atoms with Crippen LogP contribution in [-0.2, 0) is 25.7 Å². The summed E-state index contributed by atoms with van der Waals surface area (Å²) in [4.78, 5) is 46.5. The lowest BCUT2D eigenvalue weighted by molar-refractivity contribution is -0.383. The number of benzene rings is 2. The molecule has 0 saturated carbocycles. The highest BCUT2D eigenvalue weighted by Crippen LogP contribution is 2.43. The van der Waals surface area contributed by atoms with Crippen LogP contribution in [0.5, 0.6) is 11.5 Å². The van der Waals surface area contributed by atoms with Crippen molar-refractivity contribution in [1.82, 2.24) is 4.57 Å². The van der Waals surface area contributed by atoms with Crippen LogP contribution in [0.15, 0.2) is 42.0 Å². The zero-order chi connectivity index (χ0) is 26.7. The first kappa shape index (κ1) is 25.9. The smallest absolute Gasteiger partial charge is 0.308 e. The maximum atomic E-state index is 12.3. The molecule has 0 atom stereocenters. The van der Waals surface area contributed by atoms with Crippen molar-refractivity contribution in [3.05, 3.63) is 63.3 Å². The normalized spacial score (nSPS) is 10.6. The van der Waals surface area contributed by atoms with Crippen LogP contribution in [0.3, 0.4) is 0 Å². The predicted octanol–water partition coefficient (Wildman–Crippen LogP) is 4.16. The van der Waals surface area contributed by atoms with E-state index in [0.29, 0.717) is 11.3 Å². The molecule has 0 aliphatic heterocycles. The number of allylic oxidation sites excluding steroid dienone is 1. The summed E-state index contributed by atoms with van der Waals surface area (Å²) in [5.41, 5.74) is 7.93. The molecule has 1 aromatic heterocycles. The molecule has 2 N–H and O–H groups in total.